The zero-order valence-corrected chi connectivity index (χ0v) is 22.2. The molecule has 5 heteroatoms. The summed E-state index contributed by atoms with van der Waals surface area (Å²) >= 11 is 0. The van der Waals surface area contributed by atoms with Crippen LogP contribution >= 0.6 is 0 Å². The molecule has 0 atom stereocenters. The first-order chi connectivity index (χ1) is 18.5. The Labute approximate surface area is 223 Å². The van der Waals surface area contributed by atoms with Crippen molar-refractivity contribution in [2.75, 3.05) is 27.2 Å². The molecule has 194 valence electrons. The summed E-state index contributed by atoms with van der Waals surface area (Å²) in [7, 11) is 4.07. The molecule has 1 heterocycles. The van der Waals surface area contributed by atoms with Crippen molar-refractivity contribution in [3.05, 3.63) is 120 Å². The van der Waals surface area contributed by atoms with Gasteiger partial charge >= 0.3 is 0 Å². The van der Waals surface area contributed by atoms with Gasteiger partial charge in [0.25, 0.3) is 0 Å². The molecular formula is C33H33FN2O2. The molecule has 5 aromatic rings. The van der Waals surface area contributed by atoms with Gasteiger partial charge in [-0.15, -0.1) is 0 Å². The van der Waals surface area contributed by atoms with Crippen LogP contribution in [0, 0.1) is 12.7 Å². The molecule has 38 heavy (non-hydrogen) atoms. The van der Waals surface area contributed by atoms with E-state index in [1.807, 2.05) is 62.6 Å². The monoisotopic (exact) mass is 508 g/mol. The van der Waals surface area contributed by atoms with Crippen LogP contribution in [-0.2, 0) is 13.2 Å². The standard InChI is InChI=1S/C33H33FN2O2/c1-24-31-21-30(38-23-26-7-5-4-6-8-26)17-18-32(31)36(33(24)27-11-13-28(34)14-12-27)22-25-9-15-29(16-10-25)37-20-19-35(2)3/h4-18,21H,19-20,22-23H2,1-3H3. The Morgan fingerprint density at radius 1 is 0.763 bits per heavy atom. The molecular weight excluding hydrogens is 475 g/mol. The van der Waals surface area contributed by atoms with Crippen LogP contribution in [0.4, 0.5) is 4.39 Å². The predicted molar refractivity (Wildman–Crippen MR) is 152 cm³/mol. The summed E-state index contributed by atoms with van der Waals surface area (Å²) in [4.78, 5) is 2.10. The molecule has 0 bridgehead atoms. The third-order valence-corrected chi connectivity index (χ3v) is 6.73. The van der Waals surface area contributed by atoms with E-state index in [1.54, 1.807) is 0 Å². The van der Waals surface area contributed by atoms with Gasteiger partial charge in [-0.05, 0) is 97.9 Å². The number of rotatable bonds is 10. The number of aryl methyl sites for hydroxylation is 1. The zero-order valence-electron chi connectivity index (χ0n) is 22.2. The molecule has 0 spiro atoms. The first kappa shape index (κ1) is 25.6. The Balaban J connectivity index is 1.47. The number of ether oxygens (including phenoxy) is 2. The van der Waals surface area contributed by atoms with E-state index < -0.39 is 0 Å². The minimum absolute atomic E-state index is 0.240. The van der Waals surface area contributed by atoms with Crippen molar-refractivity contribution < 1.29 is 13.9 Å². The summed E-state index contributed by atoms with van der Waals surface area (Å²) in [5.41, 5.74) is 6.60. The van der Waals surface area contributed by atoms with Crippen LogP contribution in [0.5, 0.6) is 11.5 Å². The van der Waals surface area contributed by atoms with Crippen LogP contribution in [0.3, 0.4) is 0 Å². The second kappa shape index (κ2) is 11.5. The van der Waals surface area contributed by atoms with Gasteiger partial charge in [-0.25, -0.2) is 4.39 Å². The normalized spacial score (nSPS) is 11.3. The molecule has 0 radical (unpaired) electrons. The van der Waals surface area contributed by atoms with Crippen molar-refractivity contribution in [1.29, 1.82) is 0 Å². The molecule has 0 fully saturated rings. The SMILES string of the molecule is Cc1c(-c2ccc(F)cc2)n(Cc2ccc(OCCN(C)C)cc2)c2ccc(OCc3ccccc3)cc12. The first-order valence-corrected chi connectivity index (χ1v) is 12.9. The number of hydrogen-bond acceptors (Lipinski definition) is 3. The summed E-state index contributed by atoms with van der Waals surface area (Å²) in [6.45, 7) is 4.84. The molecule has 0 saturated heterocycles. The Kier molecular flexibility index (Phi) is 7.75. The van der Waals surface area contributed by atoms with Gasteiger partial charge in [0.15, 0.2) is 0 Å². The molecule has 0 N–H and O–H groups in total. The average molecular weight is 509 g/mol. The highest BCUT2D eigenvalue weighted by Crippen LogP contribution is 2.36. The Hall–Kier alpha value is -4.09. The summed E-state index contributed by atoms with van der Waals surface area (Å²) in [5.74, 6) is 1.45. The number of fused-ring (bicyclic) bond motifs is 1. The van der Waals surface area contributed by atoms with Crippen molar-refractivity contribution in [3.8, 4) is 22.8 Å². The third-order valence-electron chi connectivity index (χ3n) is 6.73. The molecule has 4 nitrogen and oxygen atoms in total. The fraction of sp³-hybridized carbons (Fsp3) is 0.212. The van der Waals surface area contributed by atoms with E-state index in [4.69, 9.17) is 9.47 Å². The maximum atomic E-state index is 13.8. The summed E-state index contributed by atoms with van der Waals surface area (Å²) in [6.07, 6.45) is 0. The fourth-order valence-corrected chi connectivity index (χ4v) is 4.70. The fourth-order valence-electron chi connectivity index (χ4n) is 4.70. The average Bonchev–Trinajstić information content (AvgIpc) is 3.20. The van der Waals surface area contributed by atoms with Crippen LogP contribution in [0.25, 0.3) is 22.2 Å². The highest BCUT2D eigenvalue weighted by molar-refractivity contribution is 5.92. The van der Waals surface area contributed by atoms with Crippen LogP contribution in [-0.4, -0.2) is 36.7 Å². The Morgan fingerprint density at radius 2 is 1.47 bits per heavy atom. The quantitative estimate of drug-likeness (QED) is 0.198. The maximum Gasteiger partial charge on any atom is 0.123 e. The number of likely N-dealkylation sites (N-methyl/N-ethyl adjacent to an activating group) is 1. The zero-order chi connectivity index (χ0) is 26.5. The molecule has 5 rings (SSSR count). The van der Waals surface area contributed by atoms with Gasteiger partial charge < -0.3 is 18.9 Å². The highest BCUT2D eigenvalue weighted by Gasteiger charge is 2.17. The maximum absolute atomic E-state index is 13.8. The number of nitrogens with zero attached hydrogens (tertiary/aromatic N) is 2. The second-order valence-electron chi connectivity index (χ2n) is 9.82. The Bertz CT molecular complexity index is 1490. The van der Waals surface area contributed by atoms with Crippen molar-refractivity contribution in [2.24, 2.45) is 0 Å². The lowest BCUT2D eigenvalue weighted by Crippen LogP contribution is -2.19. The van der Waals surface area contributed by atoms with Crippen LogP contribution in [0.1, 0.15) is 16.7 Å². The van der Waals surface area contributed by atoms with Crippen LogP contribution in [0.15, 0.2) is 97.1 Å². The lowest BCUT2D eigenvalue weighted by molar-refractivity contribution is 0.261. The van der Waals surface area contributed by atoms with E-state index in [9.17, 15) is 4.39 Å². The molecule has 4 aromatic carbocycles. The lowest BCUT2D eigenvalue weighted by atomic mass is 10.1. The molecule has 0 aliphatic rings. The minimum atomic E-state index is -0.240. The van der Waals surface area contributed by atoms with E-state index in [2.05, 4.69) is 52.8 Å². The number of aromatic nitrogens is 1. The van der Waals surface area contributed by atoms with E-state index in [0.717, 1.165) is 56.9 Å². The van der Waals surface area contributed by atoms with Crippen molar-refractivity contribution in [1.82, 2.24) is 9.47 Å². The van der Waals surface area contributed by atoms with Gasteiger partial charge in [0, 0.05) is 24.0 Å². The van der Waals surface area contributed by atoms with Crippen LogP contribution < -0.4 is 9.47 Å². The van der Waals surface area contributed by atoms with Crippen molar-refractivity contribution >= 4 is 10.9 Å². The topological polar surface area (TPSA) is 26.6 Å². The van der Waals surface area contributed by atoms with E-state index in [-0.39, 0.29) is 5.82 Å². The molecule has 0 aliphatic carbocycles. The second-order valence-corrected chi connectivity index (χ2v) is 9.82. The third kappa shape index (κ3) is 5.90. The van der Waals surface area contributed by atoms with Gasteiger partial charge in [0.05, 0.1) is 5.69 Å². The lowest BCUT2D eigenvalue weighted by Gasteiger charge is -2.14. The Morgan fingerprint density at radius 3 is 2.18 bits per heavy atom. The molecule has 1 aromatic heterocycles. The number of benzene rings is 4. The number of hydrogen-bond donors (Lipinski definition) is 0. The number of halogens is 1. The van der Waals surface area contributed by atoms with Gasteiger partial charge in [0.1, 0.15) is 30.5 Å². The molecule has 0 aliphatic heterocycles. The van der Waals surface area contributed by atoms with Crippen molar-refractivity contribution in [3.63, 3.8) is 0 Å². The smallest absolute Gasteiger partial charge is 0.123 e. The molecule has 0 amide bonds. The van der Waals surface area contributed by atoms with Crippen LogP contribution in [0.2, 0.25) is 0 Å². The first-order valence-electron chi connectivity index (χ1n) is 12.9. The summed E-state index contributed by atoms with van der Waals surface area (Å²) < 4.78 is 28.1. The largest absolute Gasteiger partial charge is 0.492 e. The van der Waals surface area contributed by atoms with E-state index in [1.165, 1.54) is 12.1 Å². The highest BCUT2D eigenvalue weighted by atomic mass is 19.1. The predicted octanol–water partition coefficient (Wildman–Crippen LogP) is 7.32. The molecule has 0 saturated carbocycles. The van der Waals surface area contributed by atoms with E-state index in [0.29, 0.717) is 19.8 Å². The summed E-state index contributed by atoms with van der Waals surface area (Å²) in [6, 6.07) is 31.4. The van der Waals surface area contributed by atoms with Crippen molar-refractivity contribution in [2.45, 2.75) is 20.1 Å². The van der Waals surface area contributed by atoms with Gasteiger partial charge in [0.2, 0.25) is 0 Å². The van der Waals surface area contributed by atoms with Gasteiger partial charge in [-0.1, -0.05) is 42.5 Å². The minimum Gasteiger partial charge on any atom is -0.492 e. The van der Waals surface area contributed by atoms with Gasteiger partial charge in [-0.2, -0.15) is 0 Å². The van der Waals surface area contributed by atoms with Gasteiger partial charge in [-0.3, -0.25) is 0 Å². The summed E-state index contributed by atoms with van der Waals surface area (Å²) in [5, 5.41) is 1.12. The van der Waals surface area contributed by atoms with E-state index >= 15 is 0 Å². The molecule has 0 unspecified atom stereocenters.